The van der Waals surface area contributed by atoms with E-state index in [4.69, 9.17) is 10.8 Å². The summed E-state index contributed by atoms with van der Waals surface area (Å²) in [5, 5.41) is 8.74. The molecule has 0 radical (unpaired) electrons. The fourth-order valence-corrected chi connectivity index (χ4v) is 0.979. The highest BCUT2D eigenvalue weighted by Crippen LogP contribution is 2.26. The Morgan fingerprint density at radius 3 is 2.21 bits per heavy atom. The summed E-state index contributed by atoms with van der Waals surface area (Å²) in [5.41, 5.74) is 5.04. The van der Waals surface area contributed by atoms with Gasteiger partial charge in [0.1, 0.15) is 0 Å². The number of hydrogen-bond donors (Lipinski definition) is 2. The van der Waals surface area contributed by atoms with Crippen molar-refractivity contribution in [1.82, 2.24) is 4.90 Å². The summed E-state index contributed by atoms with van der Waals surface area (Å²) >= 11 is 0. The molecule has 0 aromatic heterocycles. The molecule has 2 atom stereocenters. The van der Waals surface area contributed by atoms with Crippen LogP contribution in [0.5, 0.6) is 0 Å². The monoisotopic (exact) mass is 214 g/mol. The average molecular weight is 214 g/mol. The van der Waals surface area contributed by atoms with Crippen LogP contribution in [0.3, 0.4) is 0 Å². The molecule has 2 unspecified atom stereocenters. The first-order valence-corrected chi connectivity index (χ1v) is 4.40. The summed E-state index contributed by atoms with van der Waals surface area (Å²) in [6, 6.07) is -0.286. The van der Waals surface area contributed by atoms with Crippen LogP contribution in [0.25, 0.3) is 0 Å². The van der Waals surface area contributed by atoms with Crippen molar-refractivity contribution in [2.45, 2.75) is 19.1 Å². The number of halogens is 3. The fourth-order valence-electron chi connectivity index (χ4n) is 0.979. The first kappa shape index (κ1) is 13.7. The van der Waals surface area contributed by atoms with Gasteiger partial charge in [-0.15, -0.1) is 0 Å². The summed E-state index contributed by atoms with van der Waals surface area (Å²) in [5.74, 6) is -1.53. The smallest absolute Gasteiger partial charge is 0.394 e. The minimum atomic E-state index is -4.27. The van der Waals surface area contributed by atoms with Crippen LogP contribution in [-0.4, -0.2) is 49.0 Å². The zero-order valence-electron chi connectivity index (χ0n) is 8.38. The maximum Gasteiger partial charge on any atom is 0.394 e. The SMILES string of the molecule is CC(CO)N(C)CC(CN)C(F)(F)F. The van der Waals surface area contributed by atoms with E-state index in [0.29, 0.717) is 0 Å². The lowest BCUT2D eigenvalue weighted by Gasteiger charge is -2.28. The van der Waals surface area contributed by atoms with Crippen LogP contribution in [0.15, 0.2) is 0 Å². The van der Waals surface area contributed by atoms with Crippen LogP contribution in [-0.2, 0) is 0 Å². The topological polar surface area (TPSA) is 49.5 Å². The molecule has 0 amide bonds. The lowest BCUT2D eigenvalue weighted by molar-refractivity contribution is -0.176. The molecule has 0 spiro atoms. The van der Waals surface area contributed by atoms with Crippen LogP contribution in [0.1, 0.15) is 6.92 Å². The Bertz CT molecular complexity index is 163. The Morgan fingerprint density at radius 1 is 1.43 bits per heavy atom. The molecule has 0 aliphatic carbocycles. The van der Waals surface area contributed by atoms with Crippen LogP contribution >= 0.6 is 0 Å². The number of aliphatic hydroxyl groups excluding tert-OH is 1. The first-order valence-electron chi connectivity index (χ1n) is 4.40. The molecule has 0 heterocycles. The van der Waals surface area contributed by atoms with Crippen LogP contribution in [0.2, 0.25) is 0 Å². The maximum absolute atomic E-state index is 12.3. The molecule has 3 nitrogen and oxygen atoms in total. The molecule has 0 bridgehead atoms. The van der Waals surface area contributed by atoms with Crippen molar-refractivity contribution in [2.75, 3.05) is 26.7 Å². The van der Waals surface area contributed by atoms with Crippen molar-refractivity contribution in [3.05, 3.63) is 0 Å². The van der Waals surface area contributed by atoms with Gasteiger partial charge in [-0.1, -0.05) is 0 Å². The van der Waals surface area contributed by atoms with Crippen LogP contribution < -0.4 is 5.73 Å². The molecule has 0 fully saturated rings. The van der Waals surface area contributed by atoms with E-state index in [1.807, 2.05) is 0 Å². The lowest BCUT2D eigenvalue weighted by Crippen LogP contribution is -2.43. The van der Waals surface area contributed by atoms with Crippen molar-refractivity contribution < 1.29 is 18.3 Å². The molecule has 14 heavy (non-hydrogen) atoms. The average Bonchev–Trinajstić information content (AvgIpc) is 2.10. The molecule has 6 heteroatoms. The minimum absolute atomic E-state index is 0.161. The second-order valence-electron chi connectivity index (χ2n) is 3.45. The largest absolute Gasteiger partial charge is 0.395 e. The van der Waals surface area contributed by atoms with Crippen LogP contribution in [0.4, 0.5) is 13.2 Å². The van der Waals surface area contributed by atoms with Gasteiger partial charge in [0.05, 0.1) is 12.5 Å². The maximum atomic E-state index is 12.3. The van der Waals surface area contributed by atoms with E-state index in [9.17, 15) is 13.2 Å². The molecule has 0 aliphatic rings. The first-order chi connectivity index (χ1) is 6.32. The standard InChI is InChI=1S/C8H17F3N2O/c1-6(5-14)13(2)4-7(3-12)8(9,10)11/h6-7,14H,3-5,12H2,1-2H3. The molecular weight excluding hydrogens is 197 g/mol. The molecule has 0 saturated carbocycles. The van der Waals surface area contributed by atoms with Crippen LogP contribution in [0, 0.1) is 5.92 Å². The Morgan fingerprint density at radius 2 is 1.93 bits per heavy atom. The Kier molecular flexibility index (Phi) is 5.40. The van der Waals surface area contributed by atoms with Crippen molar-refractivity contribution in [3.63, 3.8) is 0 Å². The van der Waals surface area contributed by atoms with Gasteiger partial charge < -0.3 is 15.7 Å². The minimum Gasteiger partial charge on any atom is -0.395 e. The molecule has 3 N–H and O–H groups in total. The van der Waals surface area contributed by atoms with Gasteiger partial charge in [0.15, 0.2) is 0 Å². The number of nitrogens with two attached hydrogens (primary N) is 1. The molecule has 86 valence electrons. The lowest BCUT2D eigenvalue weighted by atomic mass is 10.1. The predicted octanol–water partition coefficient (Wildman–Crippen LogP) is 0.436. The van der Waals surface area contributed by atoms with E-state index >= 15 is 0 Å². The third-order valence-electron chi connectivity index (χ3n) is 2.27. The summed E-state index contributed by atoms with van der Waals surface area (Å²) in [6.45, 7) is 0.892. The predicted molar refractivity (Wildman–Crippen MR) is 47.8 cm³/mol. The molecule has 0 aromatic rings. The molecular formula is C8H17F3N2O. The van der Waals surface area contributed by atoms with E-state index in [1.54, 1.807) is 6.92 Å². The summed E-state index contributed by atoms with van der Waals surface area (Å²) in [7, 11) is 1.54. The third-order valence-corrected chi connectivity index (χ3v) is 2.27. The van der Waals surface area contributed by atoms with E-state index in [2.05, 4.69) is 0 Å². The second kappa shape index (κ2) is 5.53. The molecule has 0 aromatic carbocycles. The summed E-state index contributed by atoms with van der Waals surface area (Å²) < 4.78 is 36.8. The van der Waals surface area contributed by atoms with Gasteiger partial charge in [-0.2, -0.15) is 13.2 Å². The fraction of sp³-hybridized carbons (Fsp3) is 1.00. The van der Waals surface area contributed by atoms with Gasteiger partial charge in [0.2, 0.25) is 0 Å². The van der Waals surface area contributed by atoms with E-state index in [1.165, 1.54) is 11.9 Å². The second-order valence-corrected chi connectivity index (χ2v) is 3.45. The molecule has 0 saturated heterocycles. The number of alkyl halides is 3. The quantitative estimate of drug-likeness (QED) is 0.698. The highest BCUT2D eigenvalue weighted by molar-refractivity contribution is 4.74. The van der Waals surface area contributed by atoms with Crippen molar-refractivity contribution in [1.29, 1.82) is 0 Å². The van der Waals surface area contributed by atoms with E-state index < -0.39 is 18.6 Å². The van der Waals surface area contributed by atoms with Gasteiger partial charge in [0, 0.05) is 19.1 Å². The van der Waals surface area contributed by atoms with Gasteiger partial charge in [-0.3, -0.25) is 0 Å². The van der Waals surface area contributed by atoms with Gasteiger partial charge in [-0.05, 0) is 14.0 Å². The van der Waals surface area contributed by atoms with Crippen molar-refractivity contribution in [2.24, 2.45) is 11.7 Å². The summed E-state index contributed by atoms with van der Waals surface area (Å²) in [6.07, 6.45) is -4.27. The number of rotatable bonds is 5. The highest BCUT2D eigenvalue weighted by atomic mass is 19.4. The zero-order chi connectivity index (χ0) is 11.4. The Labute approximate surface area is 81.7 Å². The van der Waals surface area contributed by atoms with Crippen molar-refractivity contribution >= 4 is 0 Å². The zero-order valence-corrected chi connectivity index (χ0v) is 8.38. The normalized spacial score (nSPS) is 17.1. The van der Waals surface area contributed by atoms with Crippen molar-refractivity contribution in [3.8, 4) is 0 Å². The molecule has 0 aliphatic heterocycles. The highest BCUT2D eigenvalue weighted by Gasteiger charge is 2.39. The Hall–Kier alpha value is -0.330. The Balaban J connectivity index is 4.19. The van der Waals surface area contributed by atoms with E-state index in [0.717, 1.165) is 0 Å². The molecule has 0 rings (SSSR count). The van der Waals surface area contributed by atoms with Gasteiger partial charge in [-0.25, -0.2) is 0 Å². The number of hydrogen-bond acceptors (Lipinski definition) is 3. The van der Waals surface area contributed by atoms with Gasteiger partial charge in [0.25, 0.3) is 0 Å². The number of likely N-dealkylation sites (N-methyl/N-ethyl adjacent to an activating group) is 1. The van der Waals surface area contributed by atoms with E-state index in [-0.39, 0.29) is 19.2 Å². The summed E-state index contributed by atoms with van der Waals surface area (Å²) in [4.78, 5) is 1.45. The third kappa shape index (κ3) is 4.26. The van der Waals surface area contributed by atoms with Gasteiger partial charge >= 0.3 is 6.18 Å². The number of aliphatic hydroxyl groups is 1. The number of nitrogens with zero attached hydrogens (tertiary/aromatic N) is 1.